The third-order valence-electron chi connectivity index (χ3n) is 3.74. The lowest BCUT2D eigenvalue weighted by Gasteiger charge is -2.09. The van der Waals surface area contributed by atoms with Crippen LogP contribution in [-0.4, -0.2) is 28.6 Å². The van der Waals surface area contributed by atoms with E-state index >= 15 is 0 Å². The van der Waals surface area contributed by atoms with Crippen LogP contribution < -0.4 is 10.6 Å². The highest BCUT2D eigenvalue weighted by Crippen LogP contribution is 2.29. The fourth-order valence-electron chi connectivity index (χ4n) is 2.58. The molecule has 0 aliphatic heterocycles. The van der Waals surface area contributed by atoms with Crippen LogP contribution in [0.1, 0.15) is 10.4 Å². The summed E-state index contributed by atoms with van der Waals surface area (Å²) < 4.78 is 0. The van der Waals surface area contributed by atoms with Gasteiger partial charge in [0.25, 0.3) is 5.91 Å². The van der Waals surface area contributed by atoms with Crippen LogP contribution in [0.5, 0.6) is 0 Å². The van der Waals surface area contributed by atoms with Gasteiger partial charge in [-0.3, -0.25) is 14.7 Å². The van der Waals surface area contributed by atoms with Gasteiger partial charge < -0.3 is 10.6 Å². The van der Waals surface area contributed by atoms with Crippen LogP contribution in [0.15, 0.2) is 55.1 Å². The smallest absolute Gasteiger partial charge is 0.252 e. The van der Waals surface area contributed by atoms with Crippen molar-refractivity contribution >= 4 is 28.4 Å². The van der Waals surface area contributed by atoms with Crippen molar-refractivity contribution in [2.24, 2.45) is 0 Å². The molecule has 2 aromatic carbocycles. The Morgan fingerprint density at radius 1 is 1.27 bits per heavy atom. The minimum atomic E-state index is -0.371. The second-order valence-electron chi connectivity index (χ2n) is 5.50. The van der Waals surface area contributed by atoms with E-state index in [9.17, 15) is 9.59 Å². The largest absolute Gasteiger partial charge is 0.341 e. The topological polar surface area (TPSA) is 86.9 Å². The first-order valence-electron chi connectivity index (χ1n) is 7.86. The zero-order valence-electron chi connectivity index (χ0n) is 13.9. The average molecular weight is 344 g/mol. The number of carbonyl (C=O) groups excluding carboxylic acids is 2. The summed E-state index contributed by atoms with van der Waals surface area (Å²) in [5.74, 6) is 1.65. The van der Waals surface area contributed by atoms with Crippen molar-refractivity contribution in [2.75, 3.05) is 11.9 Å². The number of aromatic amines is 1. The van der Waals surface area contributed by atoms with Gasteiger partial charge >= 0.3 is 0 Å². The lowest BCUT2D eigenvalue weighted by molar-refractivity contribution is -0.111. The van der Waals surface area contributed by atoms with Gasteiger partial charge in [-0.2, -0.15) is 5.10 Å². The molecule has 3 N–H and O–H groups in total. The maximum atomic E-state index is 12.3. The number of rotatable bonds is 5. The minimum absolute atomic E-state index is 0.114. The molecule has 6 heteroatoms. The summed E-state index contributed by atoms with van der Waals surface area (Å²) in [7, 11) is 0. The fourth-order valence-corrected chi connectivity index (χ4v) is 2.58. The third-order valence-corrected chi connectivity index (χ3v) is 3.74. The predicted octanol–water partition coefficient (Wildman–Crippen LogP) is 2.72. The lowest BCUT2D eigenvalue weighted by Crippen LogP contribution is -2.23. The van der Waals surface area contributed by atoms with Crippen molar-refractivity contribution in [1.29, 1.82) is 0 Å². The molecule has 6 nitrogen and oxygen atoms in total. The molecule has 0 fully saturated rings. The Morgan fingerprint density at radius 2 is 2.08 bits per heavy atom. The van der Waals surface area contributed by atoms with Gasteiger partial charge in [-0.05, 0) is 30.3 Å². The summed E-state index contributed by atoms with van der Waals surface area (Å²) in [4.78, 5) is 24.0. The monoisotopic (exact) mass is 344 g/mol. The highest BCUT2D eigenvalue weighted by atomic mass is 16.2. The number of terminal acetylenes is 1. The number of fused-ring (bicyclic) bond motifs is 1. The molecule has 128 valence electrons. The number of H-pyrrole nitrogens is 1. The Bertz CT molecular complexity index is 1040. The van der Waals surface area contributed by atoms with Crippen molar-refractivity contribution in [3.05, 3.63) is 60.7 Å². The van der Waals surface area contributed by atoms with E-state index < -0.39 is 0 Å². The van der Waals surface area contributed by atoms with E-state index in [1.165, 1.54) is 0 Å². The summed E-state index contributed by atoms with van der Waals surface area (Å²) >= 11 is 0. The van der Waals surface area contributed by atoms with Crippen molar-refractivity contribution in [3.63, 3.8) is 0 Å². The number of para-hydroxylation sites is 1. The summed E-state index contributed by atoms with van der Waals surface area (Å²) in [5, 5.41) is 13.5. The van der Waals surface area contributed by atoms with Crippen molar-refractivity contribution < 1.29 is 9.59 Å². The summed E-state index contributed by atoms with van der Waals surface area (Å²) in [5.41, 5.74) is 3.08. The predicted molar refractivity (Wildman–Crippen MR) is 102 cm³/mol. The van der Waals surface area contributed by atoms with Crippen LogP contribution in [0.4, 0.5) is 5.69 Å². The number of benzene rings is 2. The molecule has 0 aliphatic rings. The number of hydrogen-bond donors (Lipinski definition) is 3. The standard InChI is InChI=1S/C20H16N4O2/c1-3-9-21-20(26)14-10-13(11-15(12-14)22-18(25)4-2)19-16-7-5-6-8-17(16)23-24-19/h1,4-8,10-12H,2,9H2,(H,21,26)(H,22,25)(H,23,24). The second kappa shape index (κ2) is 7.36. The fraction of sp³-hybridized carbons (Fsp3) is 0.0500. The number of nitrogens with one attached hydrogen (secondary N) is 3. The highest BCUT2D eigenvalue weighted by Gasteiger charge is 2.14. The van der Waals surface area contributed by atoms with E-state index in [-0.39, 0.29) is 18.4 Å². The first kappa shape index (κ1) is 17.0. The van der Waals surface area contributed by atoms with E-state index in [0.717, 1.165) is 17.0 Å². The SMILES string of the molecule is C#CCNC(=O)c1cc(NC(=O)C=C)cc(-c2n[nH]c3ccccc23)c1. The molecule has 26 heavy (non-hydrogen) atoms. The molecule has 2 amide bonds. The van der Waals surface area contributed by atoms with Gasteiger partial charge in [0.05, 0.1) is 17.8 Å². The molecule has 3 aromatic rings. The Hall–Kier alpha value is -3.85. The normalized spacial score (nSPS) is 10.1. The van der Waals surface area contributed by atoms with E-state index in [0.29, 0.717) is 22.5 Å². The van der Waals surface area contributed by atoms with Gasteiger partial charge in [-0.25, -0.2) is 0 Å². The Morgan fingerprint density at radius 3 is 2.85 bits per heavy atom. The lowest BCUT2D eigenvalue weighted by atomic mass is 10.0. The van der Waals surface area contributed by atoms with Crippen LogP contribution in [0.3, 0.4) is 0 Å². The summed E-state index contributed by atoms with van der Waals surface area (Å²) in [6.45, 7) is 3.55. The van der Waals surface area contributed by atoms with Crippen LogP contribution in [0.2, 0.25) is 0 Å². The van der Waals surface area contributed by atoms with Crippen LogP contribution >= 0.6 is 0 Å². The van der Waals surface area contributed by atoms with E-state index in [1.807, 2.05) is 24.3 Å². The number of hydrogen-bond acceptors (Lipinski definition) is 3. The summed E-state index contributed by atoms with van der Waals surface area (Å²) in [6, 6.07) is 12.7. The van der Waals surface area contributed by atoms with E-state index in [1.54, 1.807) is 18.2 Å². The number of carbonyl (C=O) groups is 2. The zero-order chi connectivity index (χ0) is 18.5. The molecule has 0 bridgehead atoms. The van der Waals surface area contributed by atoms with E-state index in [4.69, 9.17) is 6.42 Å². The number of anilines is 1. The van der Waals surface area contributed by atoms with Gasteiger partial charge in [-0.15, -0.1) is 6.42 Å². The minimum Gasteiger partial charge on any atom is -0.341 e. The maximum absolute atomic E-state index is 12.3. The molecule has 0 spiro atoms. The number of nitrogens with zero attached hydrogens (tertiary/aromatic N) is 1. The first-order valence-corrected chi connectivity index (χ1v) is 7.86. The molecule has 0 saturated carbocycles. The average Bonchev–Trinajstić information content (AvgIpc) is 3.09. The molecule has 1 heterocycles. The van der Waals surface area contributed by atoms with Crippen LogP contribution in [0.25, 0.3) is 22.2 Å². The summed E-state index contributed by atoms with van der Waals surface area (Å²) in [6.07, 6.45) is 6.35. The van der Waals surface area contributed by atoms with Gasteiger partial charge in [0.2, 0.25) is 5.91 Å². The molecule has 1 aromatic heterocycles. The maximum Gasteiger partial charge on any atom is 0.252 e. The molecule has 0 radical (unpaired) electrons. The van der Waals surface area contributed by atoms with Crippen LogP contribution in [0, 0.1) is 12.3 Å². The number of amides is 2. The highest BCUT2D eigenvalue weighted by molar-refractivity contribution is 6.03. The van der Waals surface area contributed by atoms with Crippen molar-refractivity contribution in [3.8, 4) is 23.6 Å². The molecule has 0 unspecified atom stereocenters. The molecule has 0 atom stereocenters. The van der Waals surface area contributed by atoms with Gasteiger partial charge in [-0.1, -0.05) is 30.7 Å². The number of aromatic nitrogens is 2. The molecular formula is C20H16N4O2. The van der Waals surface area contributed by atoms with Gasteiger partial charge in [0.1, 0.15) is 0 Å². The molecule has 0 saturated heterocycles. The van der Waals surface area contributed by atoms with Gasteiger partial charge in [0.15, 0.2) is 0 Å². The molecular weight excluding hydrogens is 328 g/mol. The quantitative estimate of drug-likeness (QED) is 0.491. The Kier molecular flexibility index (Phi) is 4.81. The zero-order valence-corrected chi connectivity index (χ0v) is 13.9. The second-order valence-corrected chi connectivity index (χ2v) is 5.50. The van der Waals surface area contributed by atoms with Crippen LogP contribution in [-0.2, 0) is 4.79 Å². The molecule has 3 rings (SSSR count). The first-order chi connectivity index (χ1) is 12.6. The van der Waals surface area contributed by atoms with Gasteiger partial charge in [0, 0.05) is 22.2 Å². The Labute approximate surface area is 150 Å². The molecule has 0 aliphatic carbocycles. The van der Waals surface area contributed by atoms with Crippen molar-refractivity contribution in [1.82, 2.24) is 15.5 Å². The third kappa shape index (κ3) is 3.47. The van der Waals surface area contributed by atoms with Crippen molar-refractivity contribution in [2.45, 2.75) is 0 Å². The van der Waals surface area contributed by atoms with E-state index in [2.05, 4.69) is 33.3 Å². The Balaban J connectivity index is 2.10.